The van der Waals surface area contributed by atoms with Crippen molar-refractivity contribution in [2.75, 3.05) is 23.7 Å². The van der Waals surface area contributed by atoms with Crippen LogP contribution in [-0.4, -0.2) is 35.1 Å². The molecule has 0 atom stereocenters. The van der Waals surface area contributed by atoms with Crippen LogP contribution in [-0.2, 0) is 0 Å². The van der Waals surface area contributed by atoms with Crippen molar-refractivity contribution in [1.29, 1.82) is 0 Å². The topological polar surface area (TPSA) is 87.0 Å². The molecule has 0 spiro atoms. The number of halogens is 1. The molecule has 1 aromatic carbocycles. The number of hydrogen-bond acceptors (Lipinski definition) is 5. The first-order valence-electron chi connectivity index (χ1n) is 9.20. The van der Waals surface area contributed by atoms with Crippen molar-refractivity contribution in [2.45, 2.75) is 43.7 Å². The summed E-state index contributed by atoms with van der Waals surface area (Å²) >= 11 is 0. The number of benzene rings is 1. The molecule has 7 heteroatoms. The van der Waals surface area contributed by atoms with E-state index >= 15 is 0 Å². The molecule has 4 rings (SSSR count). The normalized spacial score (nSPS) is 23.7. The zero-order chi connectivity index (χ0) is 18.1. The van der Waals surface area contributed by atoms with Gasteiger partial charge in [-0.05, 0) is 43.9 Å². The summed E-state index contributed by atoms with van der Waals surface area (Å²) in [5.41, 5.74) is 7.19. The minimum Gasteiger partial charge on any atom is -0.371 e. The fourth-order valence-electron chi connectivity index (χ4n) is 4.01. The molecular weight excluding hydrogens is 333 g/mol. The second kappa shape index (κ2) is 7.07. The smallest absolute Gasteiger partial charge is 0.252 e. The number of nitrogens with two attached hydrogens (primary N) is 1. The lowest BCUT2D eigenvalue weighted by Crippen LogP contribution is -2.50. The van der Waals surface area contributed by atoms with Gasteiger partial charge in [-0.1, -0.05) is 6.07 Å². The molecule has 6 nitrogen and oxygen atoms in total. The second-order valence-corrected chi connectivity index (χ2v) is 7.33. The van der Waals surface area contributed by atoms with Crippen molar-refractivity contribution in [3.8, 4) is 0 Å². The molecule has 138 valence electrons. The number of nitrogen functional groups attached to an aromatic ring is 1. The molecule has 0 bridgehead atoms. The Morgan fingerprint density at radius 1 is 1.19 bits per heavy atom. The molecule has 2 aromatic rings. The number of H-pyrrole nitrogens is 1. The number of rotatable bonds is 4. The molecule has 1 aromatic heterocycles. The Kier molecular flexibility index (Phi) is 4.63. The van der Waals surface area contributed by atoms with Gasteiger partial charge in [-0.15, -0.1) is 0 Å². The zero-order valence-corrected chi connectivity index (χ0v) is 14.6. The molecule has 0 radical (unpaired) electrons. The fourth-order valence-corrected chi connectivity index (χ4v) is 4.01. The first-order valence-corrected chi connectivity index (χ1v) is 9.20. The monoisotopic (exact) mass is 357 g/mol. The van der Waals surface area contributed by atoms with E-state index in [2.05, 4.69) is 20.2 Å². The lowest BCUT2D eigenvalue weighted by atomic mass is 9.77. The molecule has 1 aliphatic carbocycles. The highest BCUT2D eigenvalue weighted by Gasteiger charge is 2.33. The van der Waals surface area contributed by atoms with E-state index in [4.69, 9.17) is 5.73 Å². The molecule has 0 amide bonds. The van der Waals surface area contributed by atoms with Crippen molar-refractivity contribution in [3.05, 3.63) is 52.2 Å². The average molecular weight is 357 g/mol. The lowest BCUT2D eigenvalue weighted by Gasteiger charge is -2.41. The van der Waals surface area contributed by atoms with Crippen LogP contribution >= 0.6 is 0 Å². The minimum absolute atomic E-state index is 0.183. The molecule has 2 heterocycles. The maximum Gasteiger partial charge on any atom is 0.252 e. The van der Waals surface area contributed by atoms with Crippen molar-refractivity contribution < 1.29 is 4.39 Å². The summed E-state index contributed by atoms with van der Waals surface area (Å²) in [5.74, 6) is 0.315. The van der Waals surface area contributed by atoms with Crippen LogP contribution in [0.4, 0.5) is 16.0 Å². The van der Waals surface area contributed by atoms with Gasteiger partial charge in [0, 0.05) is 42.8 Å². The van der Waals surface area contributed by atoms with E-state index < -0.39 is 0 Å². The Morgan fingerprint density at radius 2 is 1.96 bits per heavy atom. The summed E-state index contributed by atoms with van der Waals surface area (Å²) < 4.78 is 13.4. The third-order valence-electron chi connectivity index (χ3n) is 5.48. The van der Waals surface area contributed by atoms with Gasteiger partial charge in [-0.25, -0.2) is 9.37 Å². The van der Waals surface area contributed by atoms with E-state index in [1.807, 2.05) is 6.07 Å². The maximum absolute atomic E-state index is 13.4. The predicted octanol–water partition coefficient (Wildman–Crippen LogP) is 2.00. The van der Waals surface area contributed by atoms with Gasteiger partial charge in [0.15, 0.2) is 0 Å². The van der Waals surface area contributed by atoms with Crippen LogP contribution in [0.3, 0.4) is 0 Å². The fraction of sp³-hybridized carbons (Fsp3) is 0.474. The highest BCUT2D eigenvalue weighted by atomic mass is 19.1. The Bertz CT molecular complexity index is 825. The van der Waals surface area contributed by atoms with Crippen LogP contribution in [0.15, 0.2) is 35.1 Å². The third-order valence-corrected chi connectivity index (χ3v) is 5.48. The molecule has 1 saturated heterocycles. The Balaban J connectivity index is 1.25. The third kappa shape index (κ3) is 3.72. The Morgan fingerprint density at radius 3 is 2.65 bits per heavy atom. The van der Waals surface area contributed by atoms with Crippen LogP contribution in [0.25, 0.3) is 0 Å². The van der Waals surface area contributed by atoms with Gasteiger partial charge in [-0.2, -0.15) is 0 Å². The number of aromatic nitrogens is 2. The van der Waals surface area contributed by atoms with Crippen LogP contribution in [0.5, 0.6) is 0 Å². The minimum atomic E-state index is -0.186. The van der Waals surface area contributed by atoms with Gasteiger partial charge >= 0.3 is 0 Å². The summed E-state index contributed by atoms with van der Waals surface area (Å²) in [7, 11) is 0. The standard InChI is InChI=1S/C19H24FN5O/c20-13-2-1-3-16(10-13)25-6-4-14(5-7-25)22-15-8-12(9-15)17-11-18(26)24-19(21)23-17/h1-3,10-12,14-15,22H,4-9H2,(H3,21,23,24,26). The van der Waals surface area contributed by atoms with Crippen molar-refractivity contribution in [2.24, 2.45) is 0 Å². The first kappa shape index (κ1) is 17.0. The number of nitrogens with zero attached hydrogens (tertiary/aromatic N) is 2. The Labute approximate surface area is 151 Å². The van der Waals surface area contributed by atoms with Gasteiger partial charge in [0.2, 0.25) is 5.95 Å². The zero-order valence-electron chi connectivity index (χ0n) is 14.6. The summed E-state index contributed by atoms with van der Waals surface area (Å²) in [6.45, 7) is 1.87. The summed E-state index contributed by atoms with van der Waals surface area (Å²) in [6.07, 6.45) is 4.07. The van der Waals surface area contributed by atoms with E-state index in [-0.39, 0.29) is 17.3 Å². The van der Waals surface area contributed by atoms with Crippen LogP contribution in [0.2, 0.25) is 0 Å². The van der Waals surface area contributed by atoms with Crippen molar-refractivity contribution >= 4 is 11.6 Å². The first-order chi connectivity index (χ1) is 12.6. The van der Waals surface area contributed by atoms with Gasteiger partial charge in [-0.3, -0.25) is 9.78 Å². The molecule has 0 unspecified atom stereocenters. The summed E-state index contributed by atoms with van der Waals surface area (Å²) in [4.78, 5) is 20.5. The molecule has 1 aliphatic heterocycles. The molecule has 1 saturated carbocycles. The maximum atomic E-state index is 13.4. The highest BCUT2D eigenvalue weighted by molar-refractivity contribution is 5.46. The van der Waals surface area contributed by atoms with Crippen LogP contribution in [0.1, 0.15) is 37.3 Å². The van der Waals surface area contributed by atoms with Crippen molar-refractivity contribution in [3.63, 3.8) is 0 Å². The van der Waals surface area contributed by atoms with Gasteiger partial charge < -0.3 is 16.0 Å². The van der Waals surface area contributed by atoms with E-state index in [0.29, 0.717) is 18.0 Å². The number of hydrogen-bond donors (Lipinski definition) is 3. The lowest BCUT2D eigenvalue weighted by molar-refractivity contribution is 0.245. The number of nitrogens with one attached hydrogen (secondary N) is 2. The quantitative estimate of drug-likeness (QED) is 0.779. The molecule has 26 heavy (non-hydrogen) atoms. The number of aromatic amines is 1. The van der Waals surface area contributed by atoms with E-state index in [0.717, 1.165) is 50.2 Å². The second-order valence-electron chi connectivity index (χ2n) is 7.33. The summed E-state index contributed by atoms with van der Waals surface area (Å²) in [5, 5.41) is 3.72. The number of piperidine rings is 1. The molecule has 2 fully saturated rings. The van der Waals surface area contributed by atoms with E-state index in [1.165, 1.54) is 6.07 Å². The number of anilines is 2. The van der Waals surface area contributed by atoms with E-state index in [9.17, 15) is 9.18 Å². The largest absolute Gasteiger partial charge is 0.371 e. The van der Waals surface area contributed by atoms with Crippen LogP contribution in [0, 0.1) is 5.82 Å². The van der Waals surface area contributed by atoms with E-state index in [1.54, 1.807) is 18.2 Å². The van der Waals surface area contributed by atoms with Crippen LogP contribution < -0.4 is 21.5 Å². The van der Waals surface area contributed by atoms with Gasteiger partial charge in [0.25, 0.3) is 5.56 Å². The summed E-state index contributed by atoms with van der Waals surface area (Å²) in [6, 6.07) is 9.32. The highest BCUT2D eigenvalue weighted by Crippen LogP contribution is 2.36. The molecule has 4 N–H and O–H groups in total. The Hall–Kier alpha value is -2.41. The van der Waals surface area contributed by atoms with Crippen molar-refractivity contribution in [1.82, 2.24) is 15.3 Å². The average Bonchev–Trinajstić information content (AvgIpc) is 2.57. The van der Waals surface area contributed by atoms with Gasteiger partial charge in [0.1, 0.15) is 5.82 Å². The van der Waals surface area contributed by atoms with Gasteiger partial charge in [0.05, 0.1) is 5.69 Å². The SMILES string of the molecule is Nc1nc(C2CC(NC3CCN(c4cccc(F)c4)CC3)C2)cc(=O)[nH]1. The molecular formula is C19H24FN5O. The molecule has 2 aliphatic rings. The predicted molar refractivity (Wildman–Crippen MR) is 99.8 cm³/mol.